The standard InChI is InChI=1S/C9H14N2S/c10-6-7-12-11-8-9-4-2-1-3-5-9/h1-5,11H,6-8,10H2. The molecule has 66 valence electrons. The zero-order valence-corrected chi connectivity index (χ0v) is 7.81. The van der Waals surface area contributed by atoms with E-state index in [2.05, 4.69) is 16.9 Å². The first-order valence-corrected chi connectivity index (χ1v) is 5.00. The van der Waals surface area contributed by atoms with E-state index in [0.29, 0.717) is 0 Å². The molecule has 1 aromatic carbocycles. The second-order valence-corrected chi connectivity index (χ2v) is 3.43. The molecule has 12 heavy (non-hydrogen) atoms. The second kappa shape index (κ2) is 6.06. The van der Waals surface area contributed by atoms with Crippen molar-refractivity contribution in [3.8, 4) is 0 Å². The van der Waals surface area contributed by atoms with Gasteiger partial charge >= 0.3 is 0 Å². The molecule has 0 saturated heterocycles. The van der Waals surface area contributed by atoms with Gasteiger partial charge in [-0.25, -0.2) is 0 Å². The Morgan fingerprint density at radius 3 is 2.67 bits per heavy atom. The van der Waals surface area contributed by atoms with Crippen LogP contribution in [-0.4, -0.2) is 12.3 Å². The van der Waals surface area contributed by atoms with Crippen molar-refractivity contribution in [1.29, 1.82) is 0 Å². The average molecular weight is 182 g/mol. The molecule has 0 spiro atoms. The van der Waals surface area contributed by atoms with Gasteiger partial charge in [-0.3, -0.25) is 4.72 Å². The average Bonchev–Trinajstić information content (AvgIpc) is 2.14. The topological polar surface area (TPSA) is 38.0 Å². The van der Waals surface area contributed by atoms with E-state index in [9.17, 15) is 0 Å². The Morgan fingerprint density at radius 1 is 1.25 bits per heavy atom. The van der Waals surface area contributed by atoms with Gasteiger partial charge in [0.05, 0.1) is 0 Å². The Kier molecular flexibility index (Phi) is 4.83. The van der Waals surface area contributed by atoms with Gasteiger partial charge in [-0.15, -0.1) is 0 Å². The van der Waals surface area contributed by atoms with Crippen molar-refractivity contribution < 1.29 is 0 Å². The van der Waals surface area contributed by atoms with E-state index in [4.69, 9.17) is 5.73 Å². The van der Waals surface area contributed by atoms with Crippen molar-refractivity contribution >= 4 is 11.9 Å². The number of hydrogen-bond acceptors (Lipinski definition) is 3. The summed E-state index contributed by atoms with van der Waals surface area (Å²) in [6.07, 6.45) is 0. The molecule has 1 rings (SSSR count). The summed E-state index contributed by atoms with van der Waals surface area (Å²) >= 11 is 1.67. The number of nitrogens with two attached hydrogens (primary N) is 1. The van der Waals surface area contributed by atoms with Crippen LogP contribution in [0.4, 0.5) is 0 Å². The van der Waals surface area contributed by atoms with Crippen molar-refractivity contribution in [3.05, 3.63) is 35.9 Å². The Hall–Kier alpha value is -0.510. The summed E-state index contributed by atoms with van der Waals surface area (Å²) in [6.45, 7) is 1.64. The molecule has 0 aliphatic carbocycles. The molecule has 3 N–H and O–H groups in total. The van der Waals surface area contributed by atoms with Gasteiger partial charge in [-0.1, -0.05) is 42.3 Å². The van der Waals surface area contributed by atoms with E-state index < -0.39 is 0 Å². The molecule has 0 aromatic heterocycles. The van der Waals surface area contributed by atoms with Crippen LogP contribution < -0.4 is 10.5 Å². The summed E-state index contributed by atoms with van der Waals surface area (Å²) in [4.78, 5) is 0. The van der Waals surface area contributed by atoms with Crippen LogP contribution in [0.3, 0.4) is 0 Å². The molecule has 0 saturated carbocycles. The maximum absolute atomic E-state index is 5.35. The Bertz CT molecular complexity index is 201. The van der Waals surface area contributed by atoms with Gasteiger partial charge in [-0.2, -0.15) is 0 Å². The Balaban J connectivity index is 2.16. The van der Waals surface area contributed by atoms with E-state index in [-0.39, 0.29) is 0 Å². The number of nitrogens with one attached hydrogen (secondary N) is 1. The molecule has 0 fully saturated rings. The van der Waals surface area contributed by atoms with Crippen LogP contribution in [0, 0.1) is 0 Å². The minimum Gasteiger partial charge on any atom is -0.330 e. The third-order valence-corrected chi connectivity index (χ3v) is 2.23. The molecule has 0 amide bonds. The molecule has 3 heteroatoms. The molecule has 0 unspecified atom stereocenters. The van der Waals surface area contributed by atoms with Gasteiger partial charge in [0, 0.05) is 18.8 Å². The van der Waals surface area contributed by atoms with Crippen LogP contribution in [-0.2, 0) is 6.54 Å². The van der Waals surface area contributed by atoms with E-state index in [1.165, 1.54) is 5.56 Å². The molecule has 0 atom stereocenters. The lowest BCUT2D eigenvalue weighted by atomic mass is 10.2. The van der Waals surface area contributed by atoms with Crippen molar-refractivity contribution in [1.82, 2.24) is 4.72 Å². The number of benzene rings is 1. The van der Waals surface area contributed by atoms with Crippen LogP contribution in [0.1, 0.15) is 5.56 Å². The molecule has 0 bridgehead atoms. The fourth-order valence-electron chi connectivity index (χ4n) is 0.861. The van der Waals surface area contributed by atoms with Crippen molar-refractivity contribution in [3.63, 3.8) is 0 Å². The lowest BCUT2D eigenvalue weighted by Crippen LogP contribution is -2.09. The smallest absolute Gasteiger partial charge is 0.0309 e. The first-order chi connectivity index (χ1) is 5.93. The lowest BCUT2D eigenvalue weighted by Gasteiger charge is -2.01. The highest BCUT2D eigenvalue weighted by atomic mass is 32.2. The molecule has 0 aliphatic heterocycles. The predicted molar refractivity (Wildman–Crippen MR) is 54.8 cm³/mol. The highest BCUT2D eigenvalue weighted by Gasteiger charge is 1.89. The maximum Gasteiger partial charge on any atom is 0.0309 e. The van der Waals surface area contributed by atoms with E-state index in [0.717, 1.165) is 18.8 Å². The Labute approximate surface area is 77.7 Å². The highest BCUT2D eigenvalue weighted by molar-refractivity contribution is 7.97. The molecule has 0 radical (unpaired) electrons. The third kappa shape index (κ3) is 3.76. The van der Waals surface area contributed by atoms with Gasteiger partial charge < -0.3 is 5.73 Å². The van der Waals surface area contributed by atoms with Crippen molar-refractivity contribution in [2.45, 2.75) is 6.54 Å². The summed E-state index contributed by atoms with van der Waals surface area (Å²) in [6, 6.07) is 10.3. The van der Waals surface area contributed by atoms with E-state index >= 15 is 0 Å². The van der Waals surface area contributed by atoms with Crippen LogP contribution in [0.2, 0.25) is 0 Å². The molecule has 2 nitrogen and oxygen atoms in total. The molecular formula is C9H14N2S. The summed E-state index contributed by atoms with van der Waals surface area (Å²) in [5.74, 6) is 0.965. The van der Waals surface area contributed by atoms with Gasteiger partial charge in [0.1, 0.15) is 0 Å². The van der Waals surface area contributed by atoms with Gasteiger partial charge in [-0.05, 0) is 5.56 Å². The van der Waals surface area contributed by atoms with Crippen LogP contribution in [0.5, 0.6) is 0 Å². The van der Waals surface area contributed by atoms with Crippen molar-refractivity contribution in [2.75, 3.05) is 12.3 Å². The summed E-state index contributed by atoms with van der Waals surface area (Å²) < 4.78 is 3.24. The van der Waals surface area contributed by atoms with Crippen molar-refractivity contribution in [2.24, 2.45) is 5.73 Å². The minimum absolute atomic E-state index is 0.729. The van der Waals surface area contributed by atoms with Gasteiger partial charge in [0.25, 0.3) is 0 Å². The number of rotatable bonds is 5. The molecule has 1 aromatic rings. The zero-order valence-electron chi connectivity index (χ0n) is 6.99. The molecule has 0 aliphatic rings. The van der Waals surface area contributed by atoms with Gasteiger partial charge in [0.2, 0.25) is 0 Å². The Morgan fingerprint density at radius 2 is 2.00 bits per heavy atom. The minimum atomic E-state index is 0.729. The first-order valence-electron chi connectivity index (χ1n) is 4.02. The monoisotopic (exact) mass is 182 g/mol. The SMILES string of the molecule is NCCSNCc1ccccc1. The fourth-order valence-corrected chi connectivity index (χ4v) is 1.39. The summed E-state index contributed by atoms with van der Waals surface area (Å²) in [5.41, 5.74) is 6.65. The predicted octanol–water partition coefficient (Wildman–Crippen LogP) is 1.38. The van der Waals surface area contributed by atoms with E-state index in [1.54, 1.807) is 11.9 Å². The zero-order chi connectivity index (χ0) is 8.65. The largest absolute Gasteiger partial charge is 0.330 e. The molecular weight excluding hydrogens is 168 g/mol. The van der Waals surface area contributed by atoms with Gasteiger partial charge in [0.15, 0.2) is 0 Å². The van der Waals surface area contributed by atoms with Crippen LogP contribution >= 0.6 is 11.9 Å². The van der Waals surface area contributed by atoms with Crippen LogP contribution in [0.25, 0.3) is 0 Å². The second-order valence-electron chi connectivity index (χ2n) is 2.44. The normalized spacial score (nSPS) is 10.1. The number of hydrogen-bond donors (Lipinski definition) is 2. The highest BCUT2D eigenvalue weighted by Crippen LogP contribution is 2.00. The van der Waals surface area contributed by atoms with E-state index in [1.807, 2.05) is 18.2 Å². The first kappa shape index (κ1) is 9.58. The summed E-state index contributed by atoms with van der Waals surface area (Å²) in [7, 11) is 0. The quantitative estimate of drug-likeness (QED) is 0.534. The molecule has 0 heterocycles. The maximum atomic E-state index is 5.35. The third-order valence-electron chi connectivity index (χ3n) is 1.44. The summed E-state index contributed by atoms with van der Waals surface area (Å²) in [5, 5.41) is 0. The van der Waals surface area contributed by atoms with Crippen LogP contribution in [0.15, 0.2) is 30.3 Å². The lowest BCUT2D eigenvalue weighted by molar-refractivity contribution is 0.971. The fraction of sp³-hybridized carbons (Fsp3) is 0.333.